The van der Waals surface area contributed by atoms with E-state index >= 15 is 0 Å². The maximum Gasteiger partial charge on any atom is 0.222 e. The first-order valence-electron chi connectivity index (χ1n) is 6.08. The van der Waals surface area contributed by atoms with E-state index in [1.54, 1.807) is 6.08 Å². The SMILES string of the molecule is C=CCOc1nc(CCC)nc(NCC)c1C. The molecule has 0 saturated carbocycles. The minimum Gasteiger partial charge on any atom is -0.473 e. The Balaban J connectivity index is 3.02. The second kappa shape index (κ2) is 6.89. The summed E-state index contributed by atoms with van der Waals surface area (Å²) in [5.41, 5.74) is 0.952. The van der Waals surface area contributed by atoms with Gasteiger partial charge in [-0.05, 0) is 20.3 Å². The van der Waals surface area contributed by atoms with Crippen LogP contribution in [0.5, 0.6) is 5.88 Å². The average Bonchev–Trinajstić information content (AvgIpc) is 2.32. The standard InChI is InChI=1S/C13H21N3O/c1-5-8-11-15-12(14-7-3)10(4)13(16-11)17-9-6-2/h6H,2,5,7-9H2,1,3-4H3,(H,14,15,16). The molecule has 0 amide bonds. The maximum absolute atomic E-state index is 5.55. The van der Waals surface area contributed by atoms with Crippen molar-refractivity contribution in [3.05, 3.63) is 24.0 Å². The predicted octanol–water partition coefficient (Wildman–Crippen LogP) is 2.73. The Bertz CT molecular complexity index is 377. The normalized spacial score (nSPS) is 10.1. The summed E-state index contributed by atoms with van der Waals surface area (Å²) >= 11 is 0. The Labute approximate surface area is 103 Å². The summed E-state index contributed by atoms with van der Waals surface area (Å²) in [6.45, 7) is 11.1. The van der Waals surface area contributed by atoms with E-state index in [2.05, 4.69) is 28.8 Å². The first kappa shape index (κ1) is 13.5. The third-order valence-corrected chi connectivity index (χ3v) is 2.30. The van der Waals surface area contributed by atoms with Gasteiger partial charge in [0.25, 0.3) is 0 Å². The van der Waals surface area contributed by atoms with Crippen molar-refractivity contribution in [1.29, 1.82) is 0 Å². The smallest absolute Gasteiger partial charge is 0.222 e. The highest BCUT2D eigenvalue weighted by Crippen LogP contribution is 2.22. The number of aryl methyl sites for hydroxylation is 1. The molecule has 0 bridgehead atoms. The molecular formula is C13H21N3O. The van der Waals surface area contributed by atoms with Crippen LogP contribution in [0.3, 0.4) is 0 Å². The van der Waals surface area contributed by atoms with Gasteiger partial charge in [0.05, 0.1) is 5.56 Å². The number of anilines is 1. The number of hydrogen-bond acceptors (Lipinski definition) is 4. The summed E-state index contributed by atoms with van der Waals surface area (Å²) in [5, 5.41) is 3.23. The molecule has 0 aliphatic carbocycles. The maximum atomic E-state index is 5.55. The summed E-state index contributed by atoms with van der Waals surface area (Å²) in [5.74, 6) is 2.34. The molecular weight excluding hydrogens is 214 g/mol. The van der Waals surface area contributed by atoms with Crippen LogP contribution < -0.4 is 10.1 Å². The summed E-state index contributed by atoms with van der Waals surface area (Å²) < 4.78 is 5.55. The molecule has 4 heteroatoms. The van der Waals surface area contributed by atoms with Gasteiger partial charge < -0.3 is 10.1 Å². The molecule has 94 valence electrons. The Morgan fingerprint density at radius 3 is 2.71 bits per heavy atom. The fourth-order valence-corrected chi connectivity index (χ4v) is 1.49. The predicted molar refractivity (Wildman–Crippen MR) is 70.6 cm³/mol. The first-order chi connectivity index (χ1) is 8.22. The van der Waals surface area contributed by atoms with Crippen molar-refractivity contribution in [3.8, 4) is 5.88 Å². The van der Waals surface area contributed by atoms with Gasteiger partial charge in [-0.15, -0.1) is 0 Å². The molecule has 0 aliphatic heterocycles. The number of ether oxygens (including phenoxy) is 1. The zero-order valence-electron chi connectivity index (χ0n) is 10.9. The summed E-state index contributed by atoms with van der Waals surface area (Å²) in [6, 6.07) is 0. The fraction of sp³-hybridized carbons (Fsp3) is 0.538. The van der Waals surface area contributed by atoms with E-state index in [9.17, 15) is 0 Å². The van der Waals surface area contributed by atoms with Crippen molar-refractivity contribution < 1.29 is 4.74 Å². The first-order valence-corrected chi connectivity index (χ1v) is 6.08. The van der Waals surface area contributed by atoms with Crippen molar-refractivity contribution in [3.63, 3.8) is 0 Å². The van der Waals surface area contributed by atoms with Crippen molar-refractivity contribution >= 4 is 5.82 Å². The van der Waals surface area contributed by atoms with Crippen LogP contribution in [-0.4, -0.2) is 23.1 Å². The topological polar surface area (TPSA) is 47.0 Å². The van der Waals surface area contributed by atoms with Crippen molar-refractivity contribution in [2.24, 2.45) is 0 Å². The van der Waals surface area contributed by atoms with Gasteiger partial charge in [-0.25, -0.2) is 4.98 Å². The van der Waals surface area contributed by atoms with E-state index in [0.717, 1.165) is 36.6 Å². The van der Waals surface area contributed by atoms with Crippen LogP contribution in [0, 0.1) is 6.92 Å². The third-order valence-electron chi connectivity index (χ3n) is 2.30. The molecule has 0 radical (unpaired) electrons. The fourth-order valence-electron chi connectivity index (χ4n) is 1.49. The van der Waals surface area contributed by atoms with Gasteiger partial charge in [0.1, 0.15) is 18.2 Å². The molecule has 0 aliphatic rings. The van der Waals surface area contributed by atoms with Gasteiger partial charge in [0.2, 0.25) is 5.88 Å². The number of aromatic nitrogens is 2. The average molecular weight is 235 g/mol. The number of hydrogen-bond donors (Lipinski definition) is 1. The Kier molecular flexibility index (Phi) is 5.46. The van der Waals surface area contributed by atoms with Gasteiger partial charge in [-0.2, -0.15) is 4.98 Å². The van der Waals surface area contributed by atoms with Crippen LogP contribution in [0.4, 0.5) is 5.82 Å². The van der Waals surface area contributed by atoms with Crippen molar-refractivity contribution in [1.82, 2.24) is 9.97 Å². The lowest BCUT2D eigenvalue weighted by molar-refractivity contribution is 0.344. The van der Waals surface area contributed by atoms with Gasteiger partial charge in [-0.1, -0.05) is 19.6 Å². The summed E-state index contributed by atoms with van der Waals surface area (Å²) in [4.78, 5) is 8.91. The van der Waals surface area contributed by atoms with Crippen LogP contribution in [0.2, 0.25) is 0 Å². The Hall–Kier alpha value is -1.58. The molecule has 1 N–H and O–H groups in total. The quantitative estimate of drug-likeness (QED) is 0.738. The number of nitrogens with zero attached hydrogens (tertiary/aromatic N) is 2. The largest absolute Gasteiger partial charge is 0.473 e. The molecule has 4 nitrogen and oxygen atoms in total. The van der Waals surface area contributed by atoms with Crippen LogP contribution in [0.25, 0.3) is 0 Å². The molecule has 0 fully saturated rings. The van der Waals surface area contributed by atoms with E-state index in [0.29, 0.717) is 12.5 Å². The number of nitrogens with one attached hydrogen (secondary N) is 1. The van der Waals surface area contributed by atoms with E-state index in [1.165, 1.54) is 0 Å². The Morgan fingerprint density at radius 1 is 1.35 bits per heavy atom. The van der Waals surface area contributed by atoms with E-state index < -0.39 is 0 Å². The lowest BCUT2D eigenvalue weighted by atomic mass is 10.2. The van der Waals surface area contributed by atoms with Gasteiger partial charge in [0.15, 0.2) is 0 Å². The monoisotopic (exact) mass is 235 g/mol. The van der Waals surface area contributed by atoms with Gasteiger partial charge in [0, 0.05) is 13.0 Å². The second-order valence-electron chi connectivity index (χ2n) is 3.80. The summed E-state index contributed by atoms with van der Waals surface area (Å²) in [7, 11) is 0. The van der Waals surface area contributed by atoms with E-state index in [1.807, 2.05) is 13.8 Å². The highest BCUT2D eigenvalue weighted by atomic mass is 16.5. The molecule has 0 aromatic carbocycles. The molecule has 1 rings (SSSR count). The van der Waals surface area contributed by atoms with Crippen LogP contribution in [0.1, 0.15) is 31.7 Å². The highest BCUT2D eigenvalue weighted by molar-refractivity contribution is 5.48. The molecule has 0 unspecified atom stereocenters. The molecule has 1 heterocycles. The minimum absolute atomic E-state index is 0.467. The third kappa shape index (κ3) is 3.73. The zero-order valence-corrected chi connectivity index (χ0v) is 10.9. The van der Waals surface area contributed by atoms with Crippen molar-refractivity contribution in [2.75, 3.05) is 18.5 Å². The molecule has 1 aromatic rings. The minimum atomic E-state index is 0.467. The van der Waals surface area contributed by atoms with Crippen LogP contribution in [-0.2, 0) is 6.42 Å². The van der Waals surface area contributed by atoms with Crippen LogP contribution in [0.15, 0.2) is 12.7 Å². The second-order valence-corrected chi connectivity index (χ2v) is 3.80. The molecule has 0 atom stereocenters. The van der Waals surface area contributed by atoms with Crippen molar-refractivity contribution in [2.45, 2.75) is 33.6 Å². The molecule has 17 heavy (non-hydrogen) atoms. The Morgan fingerprint density at radius 2 is 2.12 bits per heavy atom. The lowest BCUT2D eigenvalue weighted by Gasteiger charge is -2.12. The lowest BCUT2D eigenvalue weighted by Crippen LogP contribution is -2.09. The highest BCUT2D eigenvalue weighted by Gasteiger charge is 2.10. The number of rotatable bonds is 7. The molecule has 0 saturated heterocycles. The molecule has 1 aromatic heterocycles. The summed E-state index contributed by atoms with van der Waals surface area (Å²) in [6.07, 6.45) is 3.60. The molecule has 0 spiro atoms. The van der Waals surface area contributed by atoms with E-state index in [4.69, 9.17) is 4.74 Å². The van der Waals surface area contributed by atoms with Gasteiger partial charge in [-0.3, -0.25) is 0 Å². The zero-order chi connectivity index (χ0) is 12.7. The van der Waals surface area contributed by atoms with Crippen LogP contribution >= 0.6 is 0 Å². The van der Waals surface area contributed by atoms with Gasteiger partial charge >= 0.3 is 0 Å². The van der Waals surface area contributed by atoms with E-state index in [-0.39, 0.29) is 0 Å².